The van der Waals surface area contributed by atoms with Crippen molar-refractivity contribution in [1.29, 1.82) is 0 Å². The van der Waals surface area contributed by atoms with E-state index in [4.69, 9.17) is 23.2 Å². The number of phenols is 1. The van der Waals surface area contributed by atoms with Gasteiger partial charge in [0, 0.05) is 16.5 Å². The van der Waals surface area contributed by atoms with Crippen molar-refractivity contribution in [3.05, 3.63) is 76.0 Å². The number of hydrogen-bond donors (Lipinski definition) is 1. The topological polar surface area (TPSA) is 20.2 Å². The van der Waals surface area contributed by atoms with Crippen LogP contribution in [0.3, 0.4) is 0 Å². The van der Waals surface area contributed by atoms with E-state index in [9.17, 15) is 9.50 Å². The largest absolute Gasteiger partial charge is 0.506 e. The van der Waals surface area contributed by atoms with Crippen molar-refractivity contribution in [2.45, 2.75) is 5.92 Å². The van der Waals surface area contributed by atoms with Gasteiger partial charge in [0.25, 0.3) is 0 Å². The molecule has 0 aliphatic rings. The van der Waals surface area contributed by atoms with Gasteiger partial charge in [-0.05, 0) is 29.8 Å². The molecular weight excluding hydrogens is 286 g/mol. The first-order valence-electron chi connectivity index (χ1n) is 5.59. The van der Waals surface area contributed by atoms with Gasteiger partial charge >= 0.3 is 0 Å². The van der Waals surface area contributed by atoms with Gasteiger partial charge in [0.1, 0.15) is 11.6 Å². The lowest BCUT2D eigenvalue weighted by atomic mass is 9.91. The fraction of sp³-hybridized carbons (Fsp3) is 0.0667. The number of allylic oxidation sites excluding steroid dienone is 1. The summed E-state index contributed by atoms with van der Waals surface area (Å²) < 4.78 is 12.9. The van der Waals surface area contributed by atoms with Crippen LogP contribution in [0.1, 0.15) is 17.0 Å². The Morgan fingerprint density at radius 3 is 2.37 bits per heavy atom. The van der Waals surface area contributed by atoms with Gasteiger partial charge in [-0.25, -0.2) is 4.39 Å². The Kier molecular flexibility index (Phi) is 4.13. The second-order valence-corrected chi connectivity index (χ2v) is 4.93. The SMILES string of the molecule is C=C[C@H](c1ccc(F)cc1)c1cc(Cl)cc(Cl)c1O. The van der Waals surface area contributed by atoms with E-state index in [1.807, 2.05) is 0 Å². The minimum atomic E-state index is -0.320. The van der Waals surface area contributed by atoms with Crippen LogP contribution in [0.4, 0.5) is 4.39 Å². The number of rotatable bonds is 3. The first kappa shape index (κ1) is 13.9. The Balaban J connectivity index is 2.54. The third kappa shape index (κ3) is 2.91. The summed E-state index contributed by atoms with van der Waals surface area (Å²) in [7, 11) is 0. The molecule has 1 nitrogen and oxygen atoms in total. The van der Waals surface area contributed by atoms with Crippen LogP contribution >= 0.6 is 23.2 Å². The van der Waals surface area contributed by atoms with Crippen LogP contribution in [0, 0.1) is 5.82 Å². The molecular formula is C15H11Cl2FO. The smallest absolute Gasteiger partial charge is 0.138 e. The lowest BCUT2D eigenvalue weighted by Gasteiger charge is -2.16. The van der Waals surface area contributed by atoms with Crippen molar-refractivity contribution in [2.75, 3.05) is 0 Å². The van der Waals surface area contributed by atoms with Crippen LogP contribution in [0.15, 0.2) is 49.1 Å². The molecule has 0 aromatic heterocycles. The molecule has 0 heterocycles. The lowest BCUT2D eigenvalue weighted by molar-refractivity contribution is 0.468. The second kappa shape index (κ2) is 5.64. The van der Waals surface area contributed by atoms with Crippen molar-refractivity contribution >= 4 is 23.2 Å². The van der Waals surface area contributed by atoms with Gasteiger partial charge in [-0.3, -0.25) is 0 Å². The summed E-state index contributed by atoms with van der Waals surface area (Å²) >= 11 is 11.9. The summed E-state index contributed by atoms with van der Waals surface area (Å²) in [4.78, 5) is 0. The standard InChI is InChI=1S/C15H11Cl2FO/c1-2-12(9-3-5-11(18)6-4-9)13-7-10(16)8-14(17)15(13)19/h2-8,12,19H,1H2/t12-/m1/s1. The van der Waals surface area contributed by atoms with Gasteiger partial charge in [0.15, 0.2) is 0 Å². The summed E-state index contributed by atoms with van der Waals surface area (Å²) in [6, 6.07) is 9.07. The monoisotopic (exact) mass is 296 g/mol. The molecule has 0 radical (unpaired) electrons. The lowest BCUT2D eigenvalue weighted by Crippen LogP contribution is -1.98. The molecule has 1 N–H and O–H groups in total. The van der Waals surface area contributed by atoms with Crippen molar-refractivity contribution in [1.82, 2.24) is 0 Å². The summed E-state index contributed by atoms with van der Waals surface area (Å²) in [5.41, 5.74) is 1.34. The number of halogens is 3. The van der Waals surface area contributed by atoms with Crippen LogP contribution in [0.2, 0.25) is 10.0 Å². The molecule has 0 spiro atoms. The molecule has 0 bridgehead atoms. The van der Waals surface area contributed by atoms with Crippen molar-refractivity contribution in [3.63, 3.8) is 0 Å². The molecule has 1 atom stereocenters. The van der Waals surface area contributed by atoms with E-state index in [1.54, 1.807) is 24.3 Å². The zero-order chi connectivity index (χ0) is 14.0. The zero-order valence-electron chi connectivity index (χ0n) is 9.91. The molecule has 0 fully saturated rings. The highest BCUT2D eigenvalue weighted by atomic mass is 35.5. The predicted molar refractivity (Wildman–Crippen MR) is 76.6 cm³/mol. The molecule has 2 aromatic rings. The van der Waals surface area contributed by atoms with E-state index in [1.165, 1.54) is 18.2 Å². The molecule has 4 heteroatoms. The molecule has 2 aromatic carbocycles. The summed E-state index contributed by atoms with van der Waals surface area (Å²) in [5, 5.41) is 10.6. The average molecular weight is 297 g/mol. The highest BCUT2D eigenvalue weighted by Crippen LogP contribution is 2.38. The molecule has 0 saturated carbocycles. The normalized spacial score (nSPS) is 12.2. The first-order chi connectivity index (χ1) is 9.02. The van der Waals surface area contributed by atoms with Crippen LogP contribution in [0.25, 0.3) is 0 Å². The van der Waals surface area contributed by atoms with E-state index in [0.29, 0.717) is 10.6 Å². The van der Waals surface area contributed by atoms with Crippen LogP contribution < -0.4 is 0 Å². The molecule has 0 unspecified atom stereocenters. The second-order valence-electron chi connectivity index (χ2n) is 4.09. The molecule has 0 saturated heterocycles. The van der Waals surface area contributed by atoms with Gasteiger partial charge in [-0.2, -0.15) is 0 Å². The van der Waals surface area contributed by atoms with E-state index in [2.05, 4.69) is 6.58 Å². The third-order valence-electron chi connectivity index (χ3n) is 2.86. The van der Waals surface area contributed by atoms with Crippen LogP contribution in [-0.4, -0.2) is 5.11 Å². The van der Waals surface area contributed by atoms with Crippen LogP contribution in [-0.2, 0) is 0 Å². The summed E-state index contributed by atoms with van der Waals surface area (Å²) in [6.07, 6.45) is 1.65. The maximum atomic E-state index is 12.9. The molecule has 0 amide bonds. The first-order valence-corrected chi connectivity index (χ1v) is 6.34. The quantitative estimate of drug-likeness (QED) is 0.776. The van der Waals surface area contributed by atoms with Gasteiger partial charge in [-0.1, -0.05) is 41.4 Å². The van der Waals surface area contributed by atoms with E-state index >= 15 is 0 Å². The van der Waals surface area contributed by atoms with E-state index < -0.39 is 0 Å². The van der Waals surface area contributed by atoms with Gasteiger partial charge < -0.3 is 5.11 Å². The maximum Gasteiger partial charge on any atom is 0.138 e. The molecule has 98 valence electrons. The zero-order valence-corrected chi connectivity index (χ0v) is 11.4. The maximum absolute atomic E-state index is 12.9. The molecule has 0 aliphatic carbocycles. The number of phenolic OH excluding ortho intramolecular Hbond substituents is 1. The highest BCUT2D eigenvalue weighted by molar-refractivity contribution is 6.35. The third-order valence-corrected chi connectivity index (χ3v) is 3.36. The molecule has 19 heavy (non-hydrogen) atoms. The Morgan fingerprint density at radius 1 is 1.16 bits per heavy atom. The number of aromatic hydroxyl groups is 1. The minimum absolute atomic E-state index is 0.0414. The Morgan fingerprint density at radius 2 is 1.79 bits per heavy atom. The molecule has 2 rings (SSSR count). The fourth-order valence-electron chi connectivity index (χ4n) is 1.94. The Labute approximate surface area is 120 Å². The fourth-order valence-corrected chi connectivity index (χ4v) is 2.44. The number of hydrogen-bond acceptors (Lipinski definition) is 1. The van der Waals surface area contributed by atoms with E-state index in [-0.39, 0.29) is 22.5 Å². The number of benzene rings is 2. The molecule has 0 aliphatic heterocycles. The minimum Gasteiger partial charge on any atom is -0.506 e. The van der Waals surface area contributed by atoms with Gasteiger partial charge in [0.05, 0.1) is 5.02 Å². The Hall–Kier alpha value is -1.51. The Bertz CT molecular complexity index is 608. The van der Waals surface area contributed by atoms with Crippen LogP contribution in [0.5, 0.6) is 5.75 Å². The van der Waals surface area contributed by atoms with Crippen molar-refractivity contribution in [2.24, 2.45) is 0 Å². The highest BCUT2D eigenvalue weighted by Gasteiger charge is 2.17. The van der Waals surface area contributed by atoms with Gasteiger partial charge in [-0.15, -0.1) is 6.58 Å². The summed E-state index contributed by atoms with van der Waals surface area (Å²) in [6.45, 7) is 3.75. The van der Waals surface area contributed by atoms with Gasteiger partial charge in [0.2, 0.25) is 0 Å². The van der Waals surface area contributed by atoms with Crippen molar-refractivity contribution in [3.8, 4) is 5.75 Å². The van der Waals surface area contributed by atoms with E-state index in [0.717, 1.165) is 5.56 Å². The summed E-state index contributed by atoms with van der Waals surface area (Å²) in [5.74, 6) is -0.669. The average Bonchev–Trinajstić information content (AvgIpc) is 2.38. The van der Waals surface area contributed by atoms with Crippen molar-refractivity contribution < 1.29 is 9.50 Å². The predicted octanol–water partition coefficient (Wildman–Crippen LogP) is 5.16.